The van der Waals surface area contributed by atoms with Crippen LogP contribution in [0.1, 0.15) is 6.92 Å². The average Bonchev–Trinajstić information content (AvgIpc) is 2.47. The molecule has 1 aliphatic rings. The maximum absolute atomic E-state index is 12.2. The highest BCUT2D eigenvalue weighted by atomic mass is 16.5. The van der Waals surface area contributed by atoms with Crippen LogP contribution in [0.2, 0.25) is 0 Å². The first-order valence-electron chi connectivity index (χ1n) is 7.06. The van der Waals surface area contributed by atoms with Gasteiger partial charge < -0.3 is 14.7 Å². The summed E-state index contributed by atoms with van der Waals surface area (Å²) in [6.45, 7) is 5.24. The number of hydrogen-bond acceptors (Lipinski definition) is 5. The second-order valence-electron chi connectivity index (χ2n) is 5.13. The van der Waals surface area contributed by atoms with Gasteiger partial charge in [0.05, 0.1) is 13.2 Å². The highest BCUT2D eigenvalue weighted by molar-refractivity contribution is 5.88. The van der Waals surface area contributed by atoms with E-state index >= 15 is 0 Å². The van der Waals surface area contributed by atoms with Gasteiger partial charge in [-0.1, -0.05) is 6.07 Å². The number of methoxy groups -OCH3 is 1. The molecule has 2 amide bonds. The molecule has 0 aromatic carbocycles. The van der Waals surface area contributed by atoms with Crippen molar-refractivity contribution in [2.75, 3.05) is 45.2 Å². The SMILES string of the molecule is COc1cccc(NC(=O)N2CCN(CC(C)O)CC2)n1. The number of carbonyl (C=O) groups is 1. The van der Waals surface area contributed by atoms with Gasteiger partial charge in [-0.3, -0.25) is 10.2 Å². The second-order valence-corrected chi connectivity index (χ2v) is 5.13. The molecule has 1 aromatic rings. The maximum Gasteiger partial charge on any atom is 0.323 e. The Balaban J connectivity index is 1.84. The Labute approximate surface area is 124 Å². The van der Waals surface area contributed by atoms with E-state index in [4.69, 9.17) is 4.74 Å². The molecule has 1 aliphatic heterocycles. The monoisotopic (exact) mass is 294 g/mol. The van der Waals surface area contributed by atoms with Crippen molar-refractivity contribution in [1.82, 2.24) is 14.8 Å². The molecule has 1 saturated heterocycles. The van der Waals surface area contributed by atoms with Gasteiger partial charge in [-0.25, -0.2) is 4.79 Å². The third-order valence-electron chi connectivity index (χ3n) is 3.35. The number of pyridine rings is 1. The Hall–Kier alpha value is -1.86. The van der Waals surface area contributed by atoms with E-state index in [2.05, 4.69) is 15.2 Å². The van der Waals surface area contributed by atoms with Crippen LogP contribution in [0, 0.1) is 0 Å². The number of carbonyl (C=O) groups excluding carboxylic acids is 1. The fourth-order valence-corrected chi connectivity index (χ4v) is 2.29. The largest absolute Gasteiger partial charge is 0.481 e. The third-order valence-corrected chi connectivity index (χ3v) is 3.35. The Bertz CT molecular complexity index is 473. The minimum Gasteiger partial charge on any atom is -0.481 e. The molecule has 2 rings (SSSR count). The summed E-state index contributed by atoms with van der Waals surface area (Å²) in [5.74, 6) is 0.945. The number of ether oxygens (including phenoxy) is 1. The fraction of sp³-hybridized carbons (Fsp3) is 0.571. The lowest BCUT2D eigenvalue weighted by atomic mass is 10.3. The minimum atomic E-state index is -0.341. The predicted molar refractivity (Wildman–Crippen MR) is 79.5 cm³/mol. The molecule has 0 bridgehead atoms. The van der Waals surface area contributed by atoms with E-state index < -0.39 is 0 Å². The van der Waals surface area contributed by atoms with Crippen molar-refractivity contribution in [3.05, 3.63) is 18.2 Å². The average molecular weight is 294 g/mol. The molecule has 0 aliphatic carbocycles. The standard InChI is InChI=1S/C14H22N4O3/c1-11(19)10-17-6-8-18(9-7-17)14(20)16-12-4-3-5-13(15-12)21-2/h3-5,11,19H,6-10H2,1-2H3,(H,15,16,20). The number of anilines is 1. The maximum atomic E-state index is 12.2. The summed E-state index contributed by atoms with van der Waals surface area (Å²) in [6, 6.07) is 5.07. The molecular weight excluding hydrogens is 272 g/mol. The van der Waals surface area contributed by atoms with E-state index in [0.717, 1.165) is 13.1 Å². The van der Waals surface area contributed by atoms with E-state index in [-0.39, 0.29) is 12.1 Å². The van der Waals surface area contributed by atoms with Crippen LogP contribution >= 0.6 is 0 Å². The first-order chi connectivity index (χ1) is 10.1. The van der Waals surface area contributed by atoms with E-state index in [0.29, 0.717) is 31.3 Å². The number of urea groups is 1. The Kier molecular flexibility index (Phi) is 5.35. The fourth-order valence-electron chi connectivity index (χ4n) is 2.29. The summed E-state index contributed by atoms with van der Waals surface area (Å²) >= 11 is 0. The van der Waals surface area contributed by atoms with Gasteiger partial charge in [-0.15, -0.1) is 0 Å². The Morgan fingerprint density at radius 3 is 2.76 bits per heavy atom. The number of nitrogens with zero attached hydrogens (tertiary/aromatic N) is 3. The molecule has 0 radical (unpaired) electrons. The first kappa shape index (κ1) is 15.5. The van der Waals surface area contributed by atoms with E-state index in [1.165, 1.54) is 7.11 Å². The summed E-state index contributed by atoms with van der Waals surface area (Å²) in [7, 11) is 1.54. The number of nitrogens with one attached hydrogen (secondary N) is 1. The highest BCUT2D eigenvalue weighted by Gasteiger charge is 2.21. The number of aliphatic hydroxyl groups excluding tert-OH is 1. The van der Waals surface area contributed by atoms with Crippen LogP contribution in [0.15, 0.2) is 18.2 Å². The van der Waals surface area contributed by atoms with Crippen molar-refractivity contribution in [1.29, 1.82) is 0 Å². The Morgan fingerprint density at radius 2 is 2.14 bits per heavy atom. The zero-order valence-corrected chi connectivity index (χ0v) is 12.5. The first-order valence-corrected chi connectivity index (χ1v) is 7.06. The molecule has 1 atom stereocenters. The van der Waals surface area contributed by atoms with Crippen molar-refractivity contribution in [2.24, 2.45) is 0 Å². The molecule has 0 spiro atoms. The quantitative estimate of drug-likeness (QED) is 0.851. The smallest absolute Gasteiger partial charge is 0.323 e. The van der Waals surface area contributed by atoms with Gasteiger partial charge in [-0.05, 0) is 13.0 Å². The highest BCUT2D eigenvalue weighted by Crippen LogP contribution is 2.12. The van der Waals surface area contributed by atoms with E-state index in [1.807, 2.05) is 0 Å². The van der Waals surface area contributed by atoms with Gasteiger partial charge in [-0.2, -0.15) is 4.98 Å². The molecule has 2 N–H and O–H groups in total. The van der Waals surface area contributed by atoms with Crippen LogP contribution in [0.4, 0.5) is 10.6 Å². The Morgan fingerprint density at radius 1 is 1.43 bits per heavy atom. The number of rotatable bonds is 4. The zero-order chi connectivity index (χ0) is 15.2. The van der Waals surface area contributed by atoms with Crippen molar-refractivity contribution < 1.29 is 14.6 Å². The van der Waals surface area contributed by atoms with Crippen molar-refractivity contribution >= 4 is 11.8 Å². The van der Waals surface area contributed by atoms with Gasteiger partial charge in [0, 0.05) is 38.8 Å². The van der Waals surface area contributed by atoms with Crippen LogP contribution < -0.4 is 10.1 Å². The van der Waals surface area contributed by atoms with Crippen LogP contribution in [0.3, 0.4) is 0 Å². The van der Waals surface area contributed by atoms with Gasteiger partial charge >= 0.3 is 6.03 Å². The van der Waals surface area contributed by atoms with Crippen LogP contribution in [-0.2, 0) is 0 Å². The summed E-state index contributed by atoms with van der Waals surface area (Å²) in [5, 5.41) is 12.1. The molecule has 7 nitrogen and oxygen atoms in total. The normalized spacial score (nSPS) is 17.4. The zero-order valence-electron chi connectivity index (χ0n) is 12.5. The lowest BCUT2D eigenvalue weighted by Crippen LogP contribution is -2.51. The minimum absolute atomic E-state index is 0.160. The molecule has 7 heteroatoms. The lowest BCUT2D eigenvalue weighted by molar-refractivity contribution is 0.0924. The molecule has 21 heavy (non-hydrogen) atoms. The summed E-state index contributed by atoms with van der Waals surface area (Å²) < 4.78 is 5.03. The molecule has 1 fully saturated rings. The predicted octanol–water partition coefficient (Wildman–Crippen LogP) is 0.620. The molecular formula is C14H22N4O3. The number of piperazine rings is 1. The van der Waals surface area contributed by atoms with Crippen LogP contribution in [-0.4, -0.2) is 71.9 Å². The third kappa shape index (κ3) is 4.57. The van der Waals surface area contributed by atoms with Crippen molar-refractivity contribution in [2.45, 2.75) is 13.0 Å². The van der Waals surface area contributed by atoms with Crippen molar-refractivity contribution in [3.8, 4) is 5.88 Å². The summed E-state index contributed by atoms with van der Waals surface area (Å²) in [4.78, 5) is 20.2. The molecule has 0 saturated carbocycles. The van der Waals surface area contributed by atoms with Crippen LogP contribution in [0.5, 0.6) is 5.88 Å². The molecule has 2 heterocycles. The van der Waals surface area contributed by atoms with Crippen molar-refractivity contribution in [3.63, 3.8) is 0 Å². The molecule has 1 aromatic heterocycles. The van der Waals surface area contributed by atoms with Gasteiger partial charge in [0.2, 0.25) is 5.88 Å². The number of β-amino-alcohol motifs (C(OH)–C–C–N with tert-alkyl or cyclic N) is 1. The molecule has 1 unspecified atom stereocenters. The van der Waals surface area contributed by atoms with Crippen LogP contribution in [0.25, 0.3) is 0 Å². The summed E-state index contributed by atoms with van der Waals surface area (Å²) in [6.07, 6.45) is -0.341. The summed E-state index contributed by atoms with van der Waals surface area (Å²) in [5.41, 5.74) is 0. The van der Waals surface area contributed by atoms with Gasteiger partial charge in [0.1, 0.15) is 5.82 Å². The number of aromatic nitrogens is 1. The lowest BCUT2D eigenvalue weighted by Gasteiger charge is -2.35. The second kappa shape index (κ2) is 7.24. The number of amides is 2. The van der Waals surface area contributed by atoms with Gasteiger partial charge in [0.15, 0.2) is 0 Å². The van der Waals surface area contributed by atoms with E-state index in [9.17, 15) is 9.90 Å². The molecule has 116 valence electrons. The van der Waals surface area contributed by atoms with E-state index in [1.54, 1.807) is 30.0 Å². The van der Waals surface area contributed by atoms with Gasteiger partial charge in [0.25, 0.3) is 0 Å². The number of hydrogen-bond donors (Lipinski definition) is 2. The number of aliphatic hydroxyl groups is 1. The topological polar surface area (TPSA) is 77.9 Å².